The summed E-state index contributed by atoms with van der Waals surface area (Å²) in [4.78, 5) is 3.54. The van der Waals surface area contributed by atoms with Gasteiger partial charge in [0.05, 0.1) is 0 Å². The number of fused-ring (bicyclic) bond motifs is 3. The van der Waals surface area contributed by atoms with E-state index >= 15 is 0 Å². The quantitative estimate of drug-likeness (QED) is 0.770. The molecule has 3 rings (SSSR count). The van der Waals surface area contributed by atoms with Gasteiger partial charge in [-0.05, 0) is 42.5 Å². The molecule has 17 heavy (non-hydrogen) atoms. The number of nitrogens with one attached hydrogen (secondary N) is 2. The topological polar surface area (TPSA) is 27.8 Å². The van der Waals surface area contributed by atoms with E-state index in [0.717, 1.165) is 13.0 Å². The zero-order valence-electron chi connectivity index (χ0n) is 10.8. The normalized spacial score (nSPS) is 19.9. The number of hydrogen-bond acceptors (Lipinski definition) is 1. The van der Waals surface area contributed by atoms with Gasteiger partial charge in [0.15, 0.2) is 0 Å². The van der Waals surface area contributed by atoms with Crippen LogP contribution in [0.25, 0.3) is 10.9 Å². The molecule has 0 fully saturated rings. The monoisotopic (exact) mass is 228 g/mol. The zero-order chi connectivity index (χ0) is 12.0. The molecular formula is C15H20N2. The summed E-state index contributed by atoms with van der Waals surface area (Å²) in [6, 6.07) is 7.43. The Labute approximate surface area is 102 Å². The Hall–Kier alpha value is -1.28. The summed E-state index contributed by atoms with van der Waals surface area (Å²) in [6.45, 7) is 7.74. The Morgan fingerprint density at radius 3 is 2.88 bits per heavy atom. The van der Waals surface area contributed by atoms with E-state index < -0.39 is 0 Å². The molecule has 2 aromatic rings. The molecule has 1 aliphatic rings. The van der Waals surface area contributed by atoms with Crippen LogP contribution in [0.5, 0.6) is 0 Å². The SMILES string of the molecule is CC1Cc2c([nH]c3ccc(C(C)C)cc23)CN1. The molecule has 2 heterocycles. The third kappa shape index (κ3) is 1.77. The van der Waals surface area contributed by atoms with Crippen molar-refractivity contribution in [2.45, 2.75) is 45.7 Å². The second-order valence-corrected chi connectivity index (χ2v) is 5.53. The van der Waals surface area contributed by atoms with Gasteiger partial charge in [0, 0.05) is 29.2 Å². The molecule has 2 nitrogen and oxygen atoms in total. The molecule has 0 spiro atoms. The molecule has 1 aromatic heterocycles. The highest BCUT2D eigenvalue weighted by molar-refractivity contribution is 5.85. The first-order valence-electron chi connectivity index (χ1n) is 6.52. The summed E-state index contributed by atoms with van der Waals surface area (Å²) in [6.07, 6.45) is 1.14. The van der Waals surface area contributed by atoms with Crippen molar-refractivity contribution in [3.63, 3.8) is 0 Å². The molecule has 90 valence electrons. The Bertz CT molecular complexity index is 551. The number of hydrogen-bond donors (Lipinski definition) is 2. The number of H-pyrrole nitrogens is 1. The van der Waals surface area contributed by atoms with Crippen LogP contribution in [0.15, 0.2) is 18.2 Å². The van der Waals surface area contributed by atoms with Crippen molar-refractivity contribution < 1.29 is 0 Å². The molecule has 0 bridgehead atoms. The van der Waals surface area contributed by atoms with E-state index in [0.29, 0.717) is 12.0 Å². The lowest BCUT2D eigenvalue weighted by molar-refractivity contribution is 0.511. The van der Waals surface area contributed by atoms with E-state index in [2.05, 4.69) is 49.3 Å². The van der Waals surface area contributed by atoms with Crippen LogP contribution >= 0.6 is 0 Å². The fourth-order valence-electron chi connectivity index (χ4n) is 2.72. The Morgan fingerprint density at radius 2 is 2.12 bits per heavy atom. The number of aromatic nitrogens is 1. The van der Waals surface area contributed by atoms with Gasteiger partial charge in [-0.15, -0.1) is 0 Å². The first-order chi connectivity index (χ1) is 8.15. The van der Waals surface area contributed by atoms with Crippen molar-refractivity contribution in [1.29, 1.82) is 0 Å². The average Bonchev–Trinajstić information content (AvgIpc) is 2.66. The largest absolute Gasteiger partial charge is 0.357 e. The first kappa shape index (κ1) is 10.8. The molecule has 1 atom stereocenters. The van der Waals surface area contributed by atoms with Gasteiger partial charge in [0.2, 0.25) is 0 Å². The van der Waals surface area contributed by atoms with Crippen LogP contribution in [-0.2, 0) is 13.0 Å². The van der Waals surface area contributed by atoms with Gasteiger partial charge in [-0.3, -0.25) is 0 Å². The third-order valence-corrected chi connectivity index (χ3v) is 3.82. The van der Waals surface area contributed by atoms with Crippen molar-refractivity contribution in [3.05, 3.63) is 35.0 Å². The Kier molecular flexibility index (Phi) is 2.48. The maximum absolute atomic E-state index is 3.54. The molecule has 1 aliphatic heterocycles. The van der Waals surface area contributed by atoms with Gasteiger partial charge >= 0.3 is 0 Å². The fourth-order valence-corrected chi connectivity index (χ4v) is 2.72. The standard InChI is InChI=1S/C15H20N2/c1-9(2)11-4-5-14-13(7-11)12-6-10(3)16-8-15(12)17-14/h4-5,7,9-10,16-17H,6,8H2,1-3H3. The second kappa shape index (κ2) is 3.88. The maximum atomic E-state index is 3.54. The summed E-state index contributed by atoms with van der Waals surface area (Å²) in [5.41, 5.74) is 5.62. The van der Waals surface area contributed by atoms with Crippen LogP contribution in [-0.4, -0.2) is 11.0 Å². The molecule has 1 unspecified atom stereocenters. The van der Waals surface area contributed by atoms with Crippen LogP contribution in [0, 0.1) is 0 Å². The van der Waals surface area contributed by atoms with E-state index in [1.165, 1.54) is 27.7 Å². The lowest BCUT2D eigenvalue weighted by atomic mass is 9.96. The van der Waals surface area contributed by atoms with Crippen LogP contribution in [0.2, 0.25) is 0 Å². The minimum Gasteiger partial charge on any atom is -0.357 e. The molecule has 0 saturated heterocycles. The minimum absolute atomic E-state index is 0.587. The van der Waals surface area contributed by atoms with Gasteiger partial charge < -0.3 is 10.3 Å². The summed E-state index contributed by atoms with van der Waals surface area (Å²) >= 11 is 0. The lowest BCUT2D eigenvalue weighted by Gasteiger charge is -2.20. The highest BCUT2D eigenvalue weighted by Gasteiger charge is 2.19. The smallest absolute Gasteiger partial charge is 0.0459 e. The van der Waals surface area contributed by atoms with Crippen molar-refractivity contribution in [3.8, 4) is 0 Å². The second-order valence-electron chi connectivity index (χ2n) is 5.53. The number of rotatable bonds is 1. The van der Waals surface area contributed by atoms with Gasteiger partial charge in [0.1, 0.15) is 0 Å². The van der Waals surface area contributed by atoms with Crippen molar-refractivity contribution >= 4 is 10.9 Å². The third-order valence-electron chi connectivity index (χ3n) is 3.82. The average molecular weight is 228 g/mol. The van der Waals surface area contributed by atoms with Gasteiger partial charge in [-0.2, -0.15) is 0 Å². The molecule has 1 aromatic carbocycles. The van der Waals surface area contributed by atoms with Crippen LogP contribution in [0.4, 0.5) is 0 Å². The molecule has 0 saturated carbocycles. The minimum atomic E-state index is 0.587. The van der Waals surface area contributed by atoms with Gasteiger partial charge in [0.25, 0.3) is 0 Å². The van der Waals surface area contributed by atoms with E-state index in [1.807, 2.05) is 0 Å². The highest BCUT2D eigenvalue weighted by Crippen LogP contribution is 2.29. The predicted octanol–water partition coefficient (Wildman–Crippen LogP) is 3.33. The first-order valence-corrected chi connectivity index (χ1v) is 6.52. The summed E-state index contributed by atoms with van der Waals surface area (Å²) in [5, 5.41) is 4.94. The van der Waals surface area contributed by atoms with E-state index in [1.54, 1.807) is 0 Å². The zero-order valence-corrected chi connectivity index (χ0v) is 10.8. The molecule has 0 amide bonds. The Morgan fingerprint density at radius 1 is 1.29 bits per heavy atom. The Balaban J connectivity index is 2.18. The lowest BCUT2D eigenvalue weighted by Crippen LogP contribution is -2.32. The molecular weight excluding hydrogens is 208 g/mol. The predicted molar refractivity (Wildman–Crippen MR) is 72.4 cm³/mol. The van der Waals surface area contributed by atoms with Gasteiger partial charge in [-0.25, -0.2) is 0 Å². The van der Waals surface area contributed by atoms with Crippen molar-refractivity contribution in [1.82, 2.24) is 10.3 Å². The van der Waals surface area contributed by atoms with E-state index in [-0.39, 0.29) is 0 Å². The number of benzene rings is 1. The van der Waals surface area contributed by atoms with E-state index in [4.69, 9.17) is 0 Å². The molecule has 2 N–H and O–H groups in total. The maximum Gasteiger partial charge on any atom is 0.0459 e. The molecule has 0 radical (unpaired) electrons. The van der Waals surface area contributed by atoms with Gasteiger partial charge in [-0.1, -0.05) is 19.9 Å². The fraction of sp³-hybridized carbons (Fsp3) is 0.467. The molecule has 0 aliphatic carbocycles. The van der Waals surface area contributed by atoms with Crippen molar-refractivity contribution in [2.24, 2.45) is 0 Å². The van der Waals surface area contributed by atoms with Crippen LogP contribution in [0.3, 0.4) is 0 Å². The van der Waals surface area contributed by atoms with Crippen LogP contribution < -0.4 is 5.32 Å². The molecule has 2 heteroatoms. The van der Waals surface area contributed by atoms with Crippen LogP contribution in [0.1, 0.15) is 43.5 Å². The van der Waals surface area contributed by atoms with Crippen molar-refractivity contribution in [2.75, 3.05) is 0 Å². The summed E-state index contributed by atoms with van der Waals surface area (Å²) in [5.74, 6) is 0.601. The summed E-state index contributed by atoms with van der Waals surface area (Å²) in [7, 11) is 0. The van der Waals surface area contributed by atoms with E-state index in [9.17, 15) is 0 Å². The summed E-state index contributed by atoms with van der Waals surface area (Å²) < 4.78 is 0. The highest BCUT2D eigenvalue weighted by atomic mass is 14.9. The number of aromatic amines is 1.